The second-order valence-electron chi connectivity index (χ2n) is 5.56. The molecule has 0 fully saturated rings. The van der Waals surface area contributed by atoms with E-state index in [0.717, 1.165) is 16.0 Å². The fourth-order valence-corrected chi connectivity index (χ4v) is 2.81. The average molecular weight is 390 g/mol. The number of ether oxygens (including phenoxy) is 1. The molecule has 0 aromatic heterocycles. The molecule has 1 atom stereocenters. The van der Waals surface area contributed by atoms with Crippen LogP contribution in [-0.4, -0.2) is 24.7 Å². The first-order chi connectivity index (χ1) is 12.5. The topological polar surface area (TPSA) is 55.4 Å². The quantitative estimate of drug-likeness (QED) is 0.430. The molecule has 0 aliphatic carbocycles. The van der Waals surface area contributed by atoms with Crippen LogP contribution in [0.4, 0.5) is 0 Å². The number of benzene rings is 2. The summed E-state index contributed by atoms with van der Waals surface area (Å²) in [5.41, 5.74) is 1.77. The molecule has 0 unspecified atom stereocenters. The van der Waals surface area contributed by atoms with Crippen LogP contribution in [0.25, 0.3) is 6.08 Å². The van der Waals surface area contributed by atoms with Gasteiger partial charge in [0.25, 0.3) is 5.91 Å². The predicted molar refractivity (Wildman–Crippen MR) is 106 cm³/mol. The molecule has 2 rings (SSSR count). The van der Waals surface area contributed by atoms with Crippen LogP contribution >= 0.6 is 23.4 Å². The Morgan fingerprint density at radius 1 is 1.23 bits per heavy atom. The SMILES string of the molecule is CSc1ccc(/C=C/C(=O)OCC(=O)N[C@H](C)c2cccc(Cl)c2)cc1. The van der Waals surface area contributed by atoms with Crippen molar-refractivity contribution in [2.45, 2.75) is 17.9 Å². The maximum Gasteiger partial charge on any atom is 0.331 e. The fourth-order valence-electron chi connectivity index (χ4n) is 2.21. The van der Waals surface area contributed by atoms with Gasteiger partial charge in [0.15, 0.2) is 6.61 Å². The van der Waals surface area contributed by atoms with Crippen LogP contribution in [0.2, 0.25) is 5.02 Å². The molecule has 6 heteroatoms. The van der Waals surface area contributed by atoms with Crippen molar-refractivity contribution >= 4 is 41.3 Å². The summed E-state index contributed by atoms with van der Waals surface area (Å²) in [6.45, 7) is 1.50. The zero-order valence-electron chi connectivity index (χ0n) is 14.6. The summed E-state index contributed by atoms with van der Waals surface area (Å²) in [6.07, 6.45) is 4.96. The zero-order valence-corrected chi connectivity index (χ0v) is 16.1. The van der Waals surface area contributed by atoms with Gasteiger partial charge in [-0.2, -0.15) is 0 Å². The van der Waals surface area contributed by atoms with Gasteiger partial charge in [0.05, 0.1) is 6.04 Å². The molecule has 26 heavy (non-hydrogen) atoms. The Bertz CT molecular complexity index is 790. The molecule has 0 radical (unpaired) electrons. The standard InChI is InChI=1S/C20H20ClNO3S/c1-14(16-4-3-5-17(21)12-16)22-19(23)13-25-20(24)11-8-15-6-9-18(26-2)10-7-15/h3-12,14H,13H2,1-2H3,(H,22,23)/b11-8+/t14-/m1/s1. The molecule has 0 bridgehead atoms. The van der Waals surface area contributed by atoms with Crippen LogP contribution in [-0.2, 0) is 14.3 Å². The lowest BCUT2D eigenvalue weighted by Crippen LogP contribution is -2.30. The van der Waals surface area contributed by atoms with E-state index < -0.39 is 5.97 Å². The van der Waals surface area contributed by atoms with Gasteiger partial charge in [0, 0.05) is 16.0 Å². The summed E-state index contributed by atoms with van der Waals surface area (Å²) in [6, 6.07) is 14.8. The maximum atomic E-state index is 11.9. The van der Waals surface area contributed by atoms with E-state index in [4.69, 9.17) is 16.3 Å². The van der Waals surface area contributed by atoms with E-state index in [1.165, 1.54) is 6.08 Å². The Kier molecular flexibility index (Phi) is 7.75. The van der Waals surface area contributed by atoms with Gasteiger partial charge in [-0.05, 0) is 54.6 Å². The second kappa shape index (κ2) is 10.0. The molecule has 0 heterocycles. The van der Waals surface area contributed by atoms with E-state index in [2.05, 4.69) is 5.32 Å². The number of carbonyl (C=O) groups is 2. The van der Waals surface area contributed by atoms with Gasteiger partial charge in [-0.3, -0.25) is 4.79 Å². The van der Waals surface area contributed by atoms with E-state index in [0.29, 0.717) is 5.02 Å². The number of esters is 1. The van der Waals surface area contributed by atoms with Crippen molar-refractivity contribution in [1.29, 1.82) is 0 Å². The highest BCUT2D eigenvalue weighted by Crippen LogP contribution is 2.17. The highest BCUT2D eigenvalue weighted by molar-refractivity contribution is 7.98. The Hall–Kier alpha value is -2.24. The molecule has 0 aliphatic rings. The summed E-state index contributed by atoms with van der Waals surface area (Å²) >= 11 is 7.59. The summed E-state index contributed by atoms with van der Waals surface area (Å²) in [5.74, 6) is -0.937. The minimum absolute atomic E-state index is 0.231. The van der Waals surface area contributed by atoms with Gasteiger partial charge < -0.3 is 10.1 Å². The predicted octanol–water partition coefficient (Wildman–Crippen LogP) is 4.50. The molecule has 0 spiro atoms. The molecule has 1 N–H and O–H groups in total. The van der Waals surface area contributed by atoms with Crippen LogP contribution in [0.15, 0.2) is 59.5 Å². The van der Waals surface area contributed by atoms with E-state index >= 15 is 0 Å². The molecule has 0 saturated carbocycles. The Morgan fingerprint density at radius 3 is 2.62 bits per heavy atom. The number of hydrogen-bond acceptors (Lipinski definition) is 4. The van der Waals surface area contributed by atoms with Crippen molar-refractivity contribution in [1.82, 2.24) is 5.32 Å². The van der Waals surface area contributed by atoms with Gasteiger partial charge in [0.1, 0.15) is 0 Å². The maximum absolute atomic E-state index is 11.9. The summed E-state index contributed by atoms with van der Waals surface area (Å²) in [7, 11) is 0. The van der Waals surface area contributed by atoms with Crippen LogP contribution in [0, 0.1) is 0 Å². The minimum atomic E-state index is -0.565. The smallest absolute Gasteiger partial charge is 0.331 e. The first-order valence-electron chi connectivity index (χ1n) is 8.01. The fraction of sp³-hybridized carbons (Fsp3) is 0.200. The molecule has 4 nitrogen and oxygen atoms in total. The normalized spacial score (nSPS) is 12.0. The number of carbonyl (C=O) groups excluding carboxylic acids is 2. The highest BCUT2D eigenvalue weighted by atomic mass is 35.5. The van der Waals surface area contributed by atoms with Crippen molar-refractivity contribution in [3.63, 3.8) is 0 Å². The summed E-state index contributed by atoms with van der Waals surface area (Å²) in [4.78, 5) is 24.8. The molecule has 2 aromatic rings. The number of thioether (sulfide) groups is 1. The highest BCUT2D eigenvalue weighted by Gasteiger charge is 2.11. The van der Waals surface area contributed by atoms with Crippen LogP contribution in [0.3, 0.4) is 0 Å². The Labute approximate surface area is 162 Å². The van der Waals surface area contributed by atoms with Crippen molar-refractivity contribution in [3.05, 3.63) is 70.8 Å². The molecule has 0 aliphatic heterocycles. The summed E-state index contributed by atoms with van der Waals surface area (Å²) < 4.78 is 4.96. The van der Waals surface area contributed by atoms with Crippen molar-refractivity contribution < 1.29 is 14.3 Å². The molecule has 136 valence electrons. The third kappa shape index (κ3) is 6.58. The monoisotopic (exact) mass is 389 g/mol. The molecule has 0 saturated heterocycles. The number of amides is 1. The molecule has 2 aromatic carbocycles. The molecular weight excluding hydrogens is 370 g/mol. The number of hydrogen-bond donors (Lipinski definition) is 1. The first-order valence-corrected chi connectivity index (χ1v) is 9.62. The van der Waals surface area contributed by atoms with E-state index in [1.807, 2.05) is 49.6 Å². The van der Waals surface area contributed by atoms with Crippen LogP contribution in [0.1, 0.15) is 24.1 Å². The number of halogens is 1. The molecular formula is C20H20ClNO3S. The van der Waals surface area contributed by atoms with Crippen molar-refractivity contribution in [2.75, 3.05) is 12.9 Å². The van der Waals surface area contributed by atoms with E-state index in [1.54, 1.807) is 30.0 Å². The van der Waals surface area contributed by atoms with Gasteiger partial charge in [-0.25, -0.2) is 4.79 Å². The third-order valence-corrected chi connectivity index (χ3v) is 4.58. The third-order valence-electron chi connectivity index (χ3n) is 3.60. The number of rotatable bonds is 7. The van der Waals surface area contributed by atoms with Crippen LogP contribution < -0.4 is 5.32 Å². The van der Waals surface area contributed by atoms with Gasteiger partial charge >= 0.3 is 5.97 Å². The average Bonchev–Trinajstić information content (AvgIpc) is 2.65. The lowest BCUT2D eigenvalue weighted by molar-refractivity contribution is -0.144. The van der Waals surface area contributed by atoms with Gasteiger partial charge in [-0.1, -0.05) is 35.9 Å². The lowest BCUT2D eigenvalue weighted by Gasteiger charge is -2.14. The molecule has 1 amide bonds. The van der Waals surface area contributed by atoms with E-state index in [-0.39, 0.29) is 18.6 Å². The van der Waals surface area contributed by atoms with Crippen molar-refractivity contribution in [2.24, 2.45) is 0 Å². The van der Waals surface area contributed by atoms with Crippen LogP contribution in [0.5, 0.6) is 0 Å². The van der Waals surface area contributed by atoms with Gasteiger partial charge in [0.2, 0.25) is 0 Å². The number of nitrogens with one attached hydrogen (secondary N) is 1. The Morgan fingerprint density at radius 2 is 1.96 bits per heavy atom. The van der Waals surface area contributed by atoms with Gasteiger partial charge in [-0.15, -0.1) is 11.8 Å². The largest absolute Gasteiger partial charge is 0.452 e. The van der Waals surface area contributed by atoms with Crippen molar-refractivity contribution in [3.8, 4) is 0 Å². The zero-order chi connectivity index (χ0) is 18.9. The first kappa shape index (κ1) is 20.1. The van der Waals surface area contributed by atoms with E-state index in [9.17, 15) is 9.59 Å². The second-order valence-corrected chi connectivity index (χ2v) is 6.87. The lowest BCUT2D eigenvalue weighted by atomic mass is 10.1. The summed E-state index contributed by atoms with van der Waals surface area (Å²) in [5, 5.41) is 3.37. The minimum Gasteiger partial charge on any atom is -0.452 e. The Balaban J connectivity index is 1.78.